The van der Waals surface area contributed by atoms with Gasteiger partial charge in [-0.3, -0.25) is 4.79 Å². The Bertz CT molecular complexity index is 287. The molecule has 0 unspecified atom stereocenters. The third kappa shape index (κ3) is 3.23. The maximum absolute atomic E-state index is 11.2. The molecule has 0 saturated heterocycles. The SMILES string of the molecule is CCCOCC(=O)n1cc(Br)nn1. The molecule has 0 aliphatic carbocycles. The lowest BCUT2D eigenvalue weighted by Gasteiger charge is -1.99. The minimum absolute atomic E-state index is 0.0453. The molecule has 0 atom stereocenters. The summed E-state index contributed by atoms with van der Waals surface area (Å²) in [5.74, 6) is -0.216. The molecule has 0 amide bonds. The Balaban J connectivity index is 2.40. The van der Waals surface area contributed by atoms with Gasteiger partial charge >= 0.3 is 0 Å². The molecule has 72 valence electrons. The van der Waals surface area contributed by atoms with Gasteiger partial charge in [0, 0.05) is 6.61 Å². The summed E-state index contributed by atoms with van der Waals surface area (Å²) in [5, 5.41) is 7.20. The van der Waals surface area contributed by atoms with Crippen LogP contribution in [0.5, 0.6) is 0 Å². The third-order valence-electron chi connectivity index (χ3n) is 1.29. The molecule has 13 heavy (non-hydrogen) atoms. The average molecular weight is 248 g/mol. The highest BCUT2D eigenvalue weighted by Gasteiger charge is 2.06. The Kier molecular flexibility index (Phi) is 4.04. The fourth-order valence-corrected chi connectivity index (χ4v) is 1.00. The monoisotopic (exact) mass is 247 g/mol. The van der Waals surface area contributed by atoms with Gasteiger partial charge in [0.1, 0.15) is 11.2 Å². The van der Waals surface area contributed by atoms with Crippen LogP contribution in [0.25, 0.3) is 0 Å². The first-order valence-electron chi connectivity index (χ1n) is 3.93. The summed E-state index contributed by atoms with van der Waals surface area (Å²) in [7, 11) is 0. The number of halogens is 1. The lowest BCUT2D eigenvalue weighted by molar-refractivity contribution is 0.0659. The van der Waals surface area contributed by atoms with Gasteiger partial charge in [0.15, 0.2) is 0 Å². The molecular weight excluding hydrogens is 238 g/mol. The van der Waals surface area contributed by atoms with Crippen molar-refractivity contribution in [2.24, 2.45) is 0 Å². The number of rotatable bonds is 4. The quantitative estimate of drug-likeness (QED) is 0.749. The van der Waals surface area contributed by atoms with Crippen LogP contribution in [0, 0.1) is 0 Å². The summed E-state index contributed by atoms with van der Waals surface area (Å²) in [4.78, 5) is 11.2. The van der Waals surface area contributed by atoms with Crippen molar-refractivity contribution in [3.05, 3.63) is 10.8 Å². The molecule has 1 rings (SSSR count). The smallest absolute Gasteiger partial charge is 0.274 e. The first kappa shape index (κ1) is 10.3. The number of ether oxygens (including phenoxy) is 1. The van der Waals surface area contributed by atoms with Crippen molar-refractivity contribution in [2.75, 3.05) is 13.2 Å². The molecular formula is C7H10BrN3O2. The van der Waals surface area contributed by atoms with Gasteiger partial charge in [0.05, 0.1) is 6.20 Å². The summed E-state index contributed by atoms with van der Waals surface area (Å²) in [6, 6.07) is 0. The number of hydrogen-bond donors (Lipinski definition) is 0. The van der Waals surface area contributed by atoms with Crippen LogP contribution in [0.15, 0.2) is 10.8 Å². The van der Waals surface area contributed by atoms with Gasteiger partial charge in [-0.05, 0) is 22.4 Å². The lowest BCUT2D eigenvalue weighted by Crippen LogP contribution is -2.18. The van der Waals surface area contributed by atoms with E-state index in [4.69, 9.17) is 4.74 Å². The van der Waals surface area contributed by atoms with Crippen LogP contribution in [0.4, 0.5) is 0 Å². The number of aromatic nitrogens is 3. The predicted molar refractivity (Wildman–Crippen MR) is 49.5 cm³/mol. The Morgan fingerprint density at radius 3 is 3.08 bits per heavy atom. The summed E-state index contributed by atoms with van der Waals surface area (Å²) < 4.78 is 6.75. The maximum Gasteiger partial charge on any atom is 0.274 e. The van der Waals surface area contributed by atoms with E-state index in [0.29, 0.717) is 11.2 Å². The topological polar surface area (TPSA) is 57.0 Å². The maximum atomic E-state index is 11.2. The summed E-state index contributed by atoms with van der Waals surface area (Å²) in [6.07, 6.45) is 2.39. The number of nitrogens with zero attached hydrogens (tertiary/aromatic N) is 3. The van der Waals surface area contributed by atoms with Crippen molar-refractivity contribution in [3.63, 3.8) is 0 Å². The van der Waals surface area contributed by atoms with Crippen LogP contribution in [-0.4, -0.2) is 34.1 Å². The van der Waals surface area contributed by atoms with E-state index in [2.05, 4.69) is 26.2 Å². The molecule has 0 N–H and O–H groups in total. The van der Waals surface area contributed by atoms with Gasteiger partial charge in [-0.25, -0.2) is 0 Å². The molecule has 0 saturated carbocycles. The zero-order valence-electron chi connectivity index (χ0n) is 7.23. The second kappa shape index (κ2) is 5.08. The fraction of sp³-hybridized carbons (Fsp3) is 0.571. The van der Waals surface area contributed by atoms with E-state index in [9.17, 15) is 4.79 Å². The Hall–Kier alpha value is -0.750. The summed E-state index contributed by atoms with van der Waals surface area (Å²) in [6.45, 7) is 2.61. The van der Waals surface area contributed by atoms with Crippen LogP contribution in [0.2, 0.25) is 0 Å². The molecule has 1 heterocycles. The zero-order valence-corrected chi connectivity index (χ0v) is 8.82. The standard InChI is InChI=1S/C7H10BrN3O2/c1-2-3-13-5-7(12)11-4-6(8)9-10-11/h4H,2-3,5H2,1H3. The van der Waals surface area contributed by atoms with Gasteiger partial charge in [-0.15, -0.1) is 5.10 Å². The summed E-state index contributed by atoms with van der Waals surface area (Å²) >= 11 is 3.09. The van der Waals surface area contributed by atoms with Gasteiger partial charge in [0.2, 0.25) is 0 Å². The van der Waals surface area contributed by atoms with E-state index in [-0.39, 0.29) is 12.5 Å². The highest BCUT2D eigenvalue weighted by atomic mass is 79.9. The molecule has 0 aromatic carbocycles. The van der Waals surface area contributed by atoms with Gasteiger partial charge < -0.3 is 4.74 Å². The first-order valence-corrected chi connectivity index (χ1v) is 4.72. The van der Waals surface area contributed by atoms with Crippen LogP contribution in [0.3, 0.4) is 0 Å². The summed E-state index contributed by atoms with van der Waals surface area (Å²) in [5.41, 5.74) is 0. The van der Waals surface area contributed by atoms with Crippen molar-refractivity contribution in [3.8, 4) is 0 Å². The molecule has 0 fully saturated rings. The molecule has 0 radical (unpaired) electrons. The fourth-order valence-electron chi connectivity index (χ4n) is 0.735. The largest absolute Gasteiger partial charge is 0.372 e. The second-order valence-electron chi connectivity index (χ2n) is 2.43. The highest BCUT2D eigenvalue weighted by molar-refractivity contribution is 9.10. The molecule has 0 aliphatic rings. The van der Waals surface area contributed by atoms with Gasteiger partial charge in [0.25, 0.3) is 5.91 Å². The number of carbonyl (C=O) groups is 1. The minimum Gasteiger partial charge on any atom is -0.372 e. The second-order valence-corrected chi connectivity index (χ2v) is 3.24. The van der Waals surface area contributed by atoms with E-state index in [1.807, 2.05) is 6.92 Å². The number of hydrogen-bond acceptors (Lipinski definition) is 4. The molecule has 0 bridgehead atoms. The minimum atomic E-state index is -0.216. The van der Waals surface area contributed by atoms with Crippen LogP contribution in [-0.2, 0) is 4.74 Å². The lowest BCUT2D eigenvalue weighted by atomic mass is 10.5. The van der Waals surface area contributed by atoms with E-state index < -0.39 is 0 Å². The average Bonchev–Trinajstić information content (AvgIpc) is 2.52. The molecule has 0 aliphatic heterocycles. The predicted octanol–water partition coefficient (Wildman–Crippen LogP) is 1.11. The van der Waals surface area contributed by atoms with Gasteiger partial charge in [-0.1, -0.05) is 12.1 Å². The van der Waals surface area contributed by atoms with Crippen LogP contribution < -0.4 is 0 Å². The highest BCUT2D eigenvalue weighted by Crippen LogP contribution is 2.01. The Morgan fingerprint density at radius 1 is 1.77 bits per heavy atom. The molecule has 6 heteroatoms. The van der Waals surface area contributed by atoms with E-state index in [1.54, 1.807) is 0 Å². The molecule has 1 aromatic heterocycles. The van der Waals surface area contributed by atoms with E-state index in [0.717, 1.165) is 11.1 Å². The molecule has 5 nitrogen and oxygen atoms in total. The Labute approximate surface area is 84.2 Å². The third-order valence-corrected chi connectivity index (χ3v) is 1.66. The molecule has 0 spiro atoms. The van der Waals surface area contributed by atoms with Crippen LogP contribution in [0.1, 0.15) is 18.1 Å². The van der Waals surface area contributed by atoms with Crippen molar-refractivity contribution in [2.45, 2.75) is 13.3 Å². The van der Waals surface area contributed by atoms with E-state index in [1.165, 1.54) is 6.20 Å². The van der Waals surface area contributed by atoms with Crippen molar-refractivity contribution in [1.82, 2.24) is 15.0 Å². The molecule has 1 aromatic rings. The Morgan fingerprint density at radius 2 is 2.54 bits per heavy atom. The van der Waals surface area contributed by atoms with Crippen molar-refractivity contribution < 1.29 is 9.53 Å². The number of carbonyl (C=O) groups excluding carboxylic acids is 1. The van der Waals surface area contributed by atoms with Gasteiger partial charge in [-0.2, -0.15) is 4.68 Å². The van der Waals surface area contributed by atoms with Crippen LogP contribution >= 0.6 is 15.9 Å². The van der Waals surface area contributed by atoms with E-state index >= 15 is 0 Å². The van der Waals surface area contributed by atoms with Crippen molar-refractivity contribution >= 4 is 21.8 Å². The van der Waals surface area contributed by atoms with Crippen molar-refractivity contribution in [1.29, 1.82) is 0 Å². The zero-order chi connectivity index (χ0) is 9.68. The normalized spacial score (nSPS) is 10.3. The first-order chi connectivity index (χ1) is 6.24.